The van der Waals surface area contributed by atoms with Crippen LogP contribution in [0.1, 0.15) is 25.3 Å². The number of hydrogen-bond donors (Lipinski definition) is 1. The number of fused-ring (bicyclic) bond motifs is 1. The molecule has 0 atom stereocenters. The van der Waals surface area contributed by atoms with Gasteiger partial charge in [0.1, 0.15) is 0 Å². The van der Waals surface area contributed by atoms with Crippen LogP contribution in [-0.4, -0.2) is 31.1 Å². The molecule has 2 amide bonds. The van der Waals surface area contributed by atoms with E-state index < -0.39 is 18.0 Å². The van der Waals surface area contributed by atoms with Crippen molar-refractivity contribution in [1.29, 1.82) is 0 Å². The Morgan fingerprint density at radius 2 is 2.00 bits per heavy atom. The molecule has 118 valence electrons. The highest BCUT2D eigenvalue weighted by molar-refractivity contribution is 5.97. The first-order valence-electron chi connectivity index (χ1n) is 7.12. The van der Waals surface area contributed by atoms with Gasteiger partial charge in [0.15, 0.2) is 0 Å². The molecule has 2 rings (SSSR count). The number of nitrogens with zero attached hydrogens (tertiary/aromatic N) is 1. The van der Waals surface area contributed by atoms with Crippen LogP contribution < -0.4 is 10.4 Å². The lowest BCUT2D eigenvalue weighted by Gasteiger charge is -2.15. The van der Waals surface area contributed by atoms with Crippen LogP contribution in [0.3, 0.4) is 0 Å². The fraction of sp³-hybridized carbons (Fsp3) is 0.400. The molecule has 1 aromatic rings. The Balaban J connectivity index is 1.80. The predicted octanol–water partition coefficient (Wildman–Crippen LogP) is 1.56. The van der Waals surface area contributed by atoms with Gasteiger partial charge in [-0.1, -0.05) is 18.2 Å². The van der Waals surface area contributed by atoms with Gasteiger partial charge in [-0.2, -0.15) is 0 Å². The van der Waals surface area contributed by atoms with E-state index in [9.17, 15) is 14.4 Å². The molecule has 1 aliphatic rings. The Kier molecular flexibility index (Phi) is 5.48. The van der Waals surface area contributed by atoms with Gasteiger partial charge < -0.3 is 4.74 Å². The van der Waals surface area contributed by atoms with Crippen LogP contribution in [0, 0.1) is 0 Å². The van der Waals surface area contributed by atoms with Gasteiger partial charge >= 0.3 is 12.1 Å². The maximum atomic E-state index is 12.0. The number of benzene rings is 1. The molecule has 0 aromatic heterocycles. The van der Waals surface area contributed by atoms with Crippen molar-refractivity contribution in [3.63, 3.8) is 0 Å². The van der Waals surface area contributed by atoms with Crippen molar-refractivity contribution in [2.24, 2.45) is 0 Å². The standard InChI is InChI=1S/C15H18N2O5/c1-2-21-16-13(18)7-8-14(19)22-15(20)17-10-9-11-5-3-4-6-12(11)17/h3-6H,2,7-10H2,1H3,(H,16,18). The van der Waals surface area contributed by atoms with Crippen LogP contribution in [0.5, 0.6) is 0 Å². The summed E-state index contributed by atoms with van der Waals surface area (Å²) in [6, 6.07) is 7.46. The van der Waals surface area contributed by atoms with E-state index in [1.54, 1.807) is 6.92 Å². The largest absolute Gasteiger partial charge is 0.422 e. The smallest absolute Gasteiger partial charge is 0.376 e. The molecule has 22 heavy (non-hydrogen) atoms. The van der Waals surface area contributed by atoms with E-state index in [0.29, 0.717) is 13.2 Å². The van der Waals surface area contributed by atoms with Crippen molar-refractivity contribution < 1.29 is 24.0 Å². The zero-order valence-electron chi connectivity index (χ0n) is 12.3. The van der Waals surface area contributed by atoms with Gasteiger partial charge in [0.25, 0.3) is 0 Å². The zero-order valence-corrected chi connectivity index (χ0v) is 12.3. The summed E-state index contributed by atoms with van der Waals surface area (Å²) in [5.74, 6) is -1.17. The molecule has 0 saturated heterocycles. The third-order valence-corrected chi connectivity index (χ3v) is 3.20. The number of ether oxygens (including phenoxy) is 1. The molecule has 0 bridgehead atoms. The lowest BCUT2D eigenvalue weighted by Crippen LogP contribution is -2.32. The topological polar surface area (TPSA) is 84.9 Å². The molecule has 0 spiro atoms. The maximum absolute atomic E-state index is 12.0. The molecule has 1 heterocycles. The van der Waals surface area contributed by atoms with Crippen molar-refractivity contribution >= 4 is 23.7 Å². The first-order valence-corrected chi connectivity index (χ1v) is 7.12. The zero-order chi connectivity index (χ0) is 15.9. The molecule has 1 aliphatic heterocycles. The normalized spacial score (nSPS) is 12.7. The number of hydroxylamine groups is 1. The fourth-order valence-corrected chi connectivity index (χ4v) is 2.15. The molecule has 0 radical (unpaired) electrons. The molecule has 7 heteroatoms. The van der Waals surface area contributed by atoms with E-state index in [1.165, 1.54) is 4.90 Å². The number of rotatable bonds is 5. The van der Waals surface area contributed by atoms with Gasteiger partial charge in [0.2, 0.25) is 5.91 Å². The van der Waals surface area contributed by atoms with Crippen molar-refractivity contribution in [2.75, 3.05) is 18.1 Å². The van der Waals surface area contributed by atoms with Gasteiger partial charge in [0, 0.05) is 13.0 Å². The second-order valence-corrected chi connectivity index (χ2v) is 4.73. The quantitative estimate of drug-likeness (QED) is 0.507. The average molecular weight is 306 g/mol. The number of carbonyl (C=O) groups is 3. The summed E-state index contributed by atoms with van der Waals surface area (Å²) in [6.07, 6.45) is -0.251. The van der Waals surface area contributed by atoms with Crippen LogP contribution >= 0.6 is 0 Å². The minimum atomic E-state index is -0.735. The van der Waals surface area contributed by atoms with E-state index in [4.69, 9.17) is 9.57 Å². The van der Waals surface area contributed by atoms with Crippen molar-refractivity contribution in [1.82, 2.24) is 5.48 Å². The Hall–Kier alpha value is -2.41. The molecule has 0 unspecified atom stereocenters. The van der Waals surface area contributed by atoms with E-state index in [0.717, 1.165) is 17.7 Å². The molecule has 1 aromatic carbocycles. The lowest BCUT2D eigenvalue weighted by atomic mass is 10.2. The van der Waals surface area contributed by atoms with Gasteiger partial charge in [-0.15, -0.1) is 0 Å². The first-order chi connectivity index (χ1) is 10.6. The number of para-hydroxylation sites is 1. The number of carbonyl (C=O) groups excluding carboxylic acids is 3. The van der Waals surface area contributed by atoms with Crippen LogP contribution in [0.2, 0.25) is 0 Å². The first kappa shape index (κ1) is 16.0. The summed E-state index contributed by atoms with van der Waals surface area (Å²) < 4.78 is 4.77. The van der Waals surface area contributed by atoms with Crippen LogP contribution in [-0.2, 0) is 25.6 Å². The molecule has 1 N–H and O–H groups in total. The number of nitrogens with one attached hydrogen (secondary N) is 1. The van der Waals surface area contributed by atoms with Gasteiger partial charge in [0.05, 0.1) is 18.7 Å². The number of amides is 2. The highest BCUT2D eigenvalue weighted by Crippen LogP contribution is 2.27. The lowest BCUT2D eigenvalue weighted by molar-refractivity contribution is -0.141. The van der Waals surface area contributed by atoms with E-state index in [2.05, 4.69) is 5.48 Å². The Morgan fingerprint density at radius 3 is 2.77 bits per heavy atom. The fourth-order valence-electron chi connectivity index (χ4n) is 2.15. The van der Waals surface area contributed by atoms with Gasteiger partial charge in [-0.3, -0.25) is 19.3 Å². The molecule has 0 fully saturated rings. The second kappa shape index (κ2) is 7.56. The second-order valence-electron chi connectivity index (χ2n) is 4.73. The van der Waals surface area contributed by atoms with Crippen molar-refractivity contribution in [3.8, 4) is 0 Å². The van der Waals surface area contributed by atoms with E-state index >= 15 is 0 Å². The number of hydrogen-bond acceptors (Lipinski definition) is 5. The van der Waals surface area contributed by atoms with Crippen LogP contribution in [0.4, 0.5) is 10.5 Å². The number of anilines is 1. The highest BCUT2D eigenvalue weighted by atomic mass is 16.6. The molecule has 7 nitrogen and oxygen atoms in total. The average Bonchev–Trinajstić information content (AvgIpc) is 2.95. The van der Waals surface area contributed by atoms with Crippen molar-refractivity contribution in [3.05, 3.63) is 29.8 Å². The minimum absolute atomic E-state index is 0.0945. The minimum Gasteiger partial charge on any atom is -0.376 e. The predicted molar refractivity (Wildman–Crippen MR) is 78.0 cm³/mol. The van der Waals surface area contributed by atoms with E-state index in [1.807, 2.05) is 24.3 Å². The summed E-state index contributed by atoms with van der Waals surface area (Å²) in [5, 5.41) is 0. The van der Waals surface area contributed by atoms with Gasteiger partial charge in [-0.25, -0.2) is 10.3 Å². The van der Waals surface area contributed by atoms with Gasteiger partial charge in [-0.05, 0) is 25.0 Å². The van der Waals surface area contributed by atoms with Crippen LogP contribution in [0.15, 0.2) is 24.3 Å². The summed E-state index contributed by atoms with van der Waals surface area (Å²) in [6.45, 7) is 2.54. The molecular weight excluding hydrogens is 288 g/mol. The summed E-state index contributed by atoms with van der Waals surface area (Å²) in [5.41, 5.74) is 3.97. The number of esters is 1. The van der Waals surface area contributed by atoms with Crippen LogP contribution in [0.25, 0.3) is 0 Å². The maximum Gasteiger partial charge on any atom is 0.422 e. The molecular formula is C15H18N2O5. The molecule has 0 saturated carbocycles. The molecule has 0 aliphatic carbocycles. The Labute approximate surface area is 128 Å². The third kappa shape index (κ3) is 4.05. The summed E-state index contributed by atoms with van der Waals surface area (Å²) in [4.78, 5) is 41.0. The Bertz CT molecular complexity index is 573. The summed E-state index contributed by atoms with van der Waals surface area (Å²) in [7, 11) is 0. The highest BCUT2D eigenvalue weighted by Gasteiger charge is 2.27. The van der Waals surface area contributed by atoms with E-state index in [-0.39, 0.29) is 12.8 Å². The van der Waals surface area contributed by atoms with Crippen molar-refractivity contribution in [2.45, 2.75) is 26.2 Å². The Morgan fingerprint density at radius 1 is 1.23 bits per heavy atom. The third-order valence-electron chi connectivity index (χ3n) is 3.20. The SMILES string of the molecule is CCONC(=O)CCC(=O)OC(=O)N1CCc2ccccc21. The monoisotopic (exact) mass is 306 g/mol. The summed E-state index contributed by atoms with van der Waals surface area (Å²) >= 11 is 0.